The Hall–Kier alpha value is -0.680. The van der Waals surface area contributed by atoms with Gasteiger partial charge in [0, 0.05) is 18.5 Å². The molecule has 0 bridgehead atoms. The largest absolute Gasteiger partial charge is 0.392 e. The van der Waals surface area contributed by atoms with E-state index in [9.17, 15) is 5.11 Å². The van der Waals surface area contributed by atoms with Gasteiger partial charge in [-0.15, -0.1) is 10.2 Å². The molecule has 2 atom stereocenters. The van der Waals surface area contributed by atoms with Crippen LogP contribution < -0.4 is 4.90 Å². The molecule has 1 aromatic rings. The smallest absolute Gasteiger partial charge is 0.208 e. The van der Waals surface area contributed by atoms with Crippen molar-refractivity contribution in [2.24, 2.45) is 5.41 Å². The van der Waals surface area contributed by atoms with E-state index in [1.54, 1.807) is 11.3 Å². The molecule has 1 saturated heterocycles. The quantitative estimate of drug-likeness (QED) is 0.831. The van der Waals surface area contributed by atoms with Crippen molar-refractivity contribution < 1.29 is 5.11 Å². The minimum absolute atomic E-state index is 0.112. The Kier molecular flexibility index (Phi) is 2.83. The van der Waals surface area contributed by atoms with Gasteiger partial charge in [-0.05, 0) is 32.6 Å². The lowest BCUT2D eigenvalue weighted by atomic mass is 9.77. The van der Waals surface area contributed by atoms with E-state index >= 15 is 0 Å². The monoisotopic (exact) mass is 253 g/mol. The zero-order valence-electron chi connectivity index (χ0n) is 10.2. The predicted octanol–water partition coefficient (Wildman–Crippen LogP) is 1.98. The second-order valence-corrected chi connectivity index (χ2v) is 6.56. The molecule has 1 aliphatic carbocycles. The number of aliphatic hydroxyl groups excluding tert-OH is 1. The van der Waals surface area contributed by atoms with Gasteiger partial charge in [0.25, 0.3) is 0 Å². The molecular weight excluding hydrogens is 234 g/mol. The van der Waals surface area contributed by atoms with Crippen molar-refractivity contribution in [3.63, 3.8) is 0 Å². The normalized spacial score (nSPS) is 33.5. The highest BCUT2D eigenvalue weighted by molar-refractivity contribution is 7.15. The van der Waals surface area contributed by atoms with Gasteiger partial charge in [0.05, 0.1) is 6.10 Å². The van der Waals surface area contributed by atoms with Crippen LogP contribution in [0.5, 0.6) is 0 Å². The van der Waals surface area contributed by atoms with Crippen LogP contribution in [0.2, 0.25) is 0 Å². The summed E-state index contributed by atoms with van der Waals surface area (Å²) in [5, 5.41) is 20.6. The summed E-state index contributed by atoms with van der Waals surface area (Å²) in [5.74, 6) is 0. The van der Waals surface area contributed by atoms with Gasteiger partial charge < -0.3 is 10.0 Å². The third-order valence-corrected chi connectivity index (χ3v) is 5.15. The first-order valence-corrected chi connectivity index (χ1v) is 7.24. The van der Waals surface area contributed by atoms with E-state index in [0.717, 1.165) is 36.1 Å². The van der Waals surface area contributed by atoms with Crippen molar-refractivity contribution in [3.05, 3.63) is 5.01 Å². The number of anilines is 1. The highest BCUT2D eigenvalue weighted by Gasteiger charge is 2.45. The Morgan fingerprint density at radius 1 is 1.35 bits per heavy atom. The maximum absolute atomic E-state index is 10.2. The van der Waals surface area contributed by atoms with Gasteiger partial charge in [0.15, 0.2) is 0 Å². The Bertz CT molecular complexity index is 408. The molecule has 5 heteroatoms. The molecule has 94 valence electrons. The standard InChI is InChI=1S/C12H19N3OS/c1-9-13-14-11(17-9)15-7-3-6-12(8-15)5-2-4-10(12)16/h10,16H,2-8H2,1H3/t10-,12-/m1/s1. The first-order chi connectivity index (χ1) is 8.20. The average Bonchev–Trinajstić information content (AvgIpc) is 2.88. The summed E-state index contributed by atoms with van der Waals surface area (Å²) in [6.45, 7) is 4.01. The summed E-state index contributed by atoms with van der Waals surface area (Å²) in [6.07, 6.45) is 5.53. The molecule has 1 aromatic heterocycles. The first kappa shape index (κ1) is 11.4. The van der Waals surface area contributed by atoms with E-state index in [0.29, 0.717) is 0 Å². The number of aryl methyl sites for hydroxylation is 1. The van der Waals surface area contributed by atoms with Gasteiger partial charge >= 0.3 is 0 Å². The first-order valence-electron chi connectivity index (χ1n) is 6.43. The number of piperidine rings is 1. The number of hydrogen-bond acceptors (Lipinski definition) is 5. The lowest BCUT2D eigenvalue weighted by molar-refractivity contribution is 0.0409. The maximum atomic E-state index is 10.2. The topological polar surface area (TPSA) is 49.2 Å². The van der Waals surface area contributed by atoms with Gasteiger partial charge in [-0.25, -0.2) is 0 Å². The SMILES string of the molecule is Cc1nnc(N2CCC[C@]3(CCC[C@H]3O)C2)s1. The summed E-state index contributed by atoms with van der Waals surface area (Å²) >= 11 is 1.66. The molecule has 0 aromatic carbocycles. The van der Waals surface area contributed by atoms with E-state index in [1.165, 1.54) is 19.3 Å². The van der Waals surface area contributed by atoms with E-state index in [2.05, 4.69) is 15.1 Å². The Morgan fingerprint density at radius 2 is 2.18 bits per heavy atom. The molecule has 2 heterocycles. The highest BCUT2D eigenvalue weighted by atomic mass is 32.1. The average molecular weight is 253 g/mol. The summed E-state index contributed by atoms with van der Waals surface area (Å²) in [4.78, 5) is 2.32. The van der Waals surface area contributed by atoms with Crippen molar-refractivity contribution in [1.82, 2.24) is 10.2 Å². The number of aliphatic hydroxyl groups is 1. The van der Waals surface area contributed by atoms with Crippen LogP contribution >= 0.6 is 11.3 Å². The fourth-order valence-corrected chi connectivity index (χ4v) is 4.05. The third-order valence-electron chi connectivity index (χ3n) is 4.25. The Morgan fingerprint density at radius 3 is 2.82 bits per heavy atom. The van der Waals surface area contributed by atoms with E-state index in [4.69, 9.17) is 0 Å². The van der Waals surface area contributed by atoms with E-state index < -0.39 is 0 Å². The molecule has 2 fully saturated rings. The van der Waals surface area contributed by atoms with Crippen molar-refractivity contribution in [3.8, 4) is 0 Å². The number of rotatable bonds is 1. The molecule has 1 saturated carbocycles. The van der Waals surface area contributed by atoms with Crippen LogP contribution in [-0.4, -0.2) is 34.5 Å². The molecule has 1 N–H and O–H groups in total. The second-order valence-electron chi connectivity index (χ2n) is 5.40. The zero-order chi connectivity index (χ0) is 11.9. The zero-order valence-corrected chi connectivity index (χ0v) is 11.0. The van der Waals surface area contributed by atoms with Crippen LogP contribution in [0.25, 0.3) is 0 Å². The third kappa shape index (κ3) is 1.95. The number of nitrogens with zero attached hydrogens (tertiary/aromatic N) is 3. The molecule has 0 radical (unpaired) electrons. The van der Waals surface area contributed by atoms with Crippen molar-refractivity contribution >= 4 is 16.5 Å². The Labute approximate surface area is 106 Å². The predicted molar refractivity (Wildman–Crippen MR) is 68.4 cm³/mol. The maximum Gasteiger partial charge on any atom is 0.208 e. The summed E-state index contributed by atoms with van der Waals surface area (Å²) in [6, 6.07) is 0. The fraction of sp³-hybridized carbons (Fsp3) is 0.833. The van der Waals surface area contributed by atoms with E-state index in [1.807, 2.05) is 6.92 Å². The van der Waals surface area contributed by atoms with Crippen molar-refractivity contribution in [2.45, 2.75) is 45.1 Å². The van der Waals surface area contributed by atoms with Crippen LogP contribution in [0, 0.1) is 12.3 Å². The van der Waals surface area contributed by atoms with Gasteiger partial charge in [-0.3, -0.25) is 0 Å². The lowest BCUT2D eigenvalue weighted by Crippen LogP contribution is -2.47. The minimum atomic E-state index is -0.112. The molecular formula is C12H19N3OS. The minimum Gasteiger partial charge on any atom is -0.392 e. The molecule has 3 rings (SSSR count). The molecule has 2 aliphatic rings. The van der Waals surface area contributed by atoms with Gasteiger partial charge in [-0.1, -0.05) is 17.8 Å². The van der Waals surface area contributed by atoms with Gasteiger partial charge in [0.1, 0.15) is 5.01 Å². The number of hydrogen-bond donors (Lipinski definition) is 1. The van der Waals surface area contributed by atoms with E-state index in [-0.39, 0.29) is 11.5 Å². The van der Waals surface area contributed by atoms with Gasteiger partial charge in [-0.2, -0.15) is 0 Å². The molecule has 4 nitrogen and oxygen atoms in total. The fourth-order valence-electron chi connectivity index (χ4n) is 3.33. The van der Waals surface area contributed by atoms with Crippen molar-refractivity contribution in [2.75, 3.05) is 18.0 Å². The van der Waals surface area contributed by atoms with Crippen LogP contribution in [0.3, 0.4) is 0 Å². The van der Waals surface area contributed by atoms with Crippen LogP contribution in [-0.2, 0) is 0 Å². The number of aromatic nitrogens is 2. The second kappa shape index (κ2) is 4.21. The van der Waals surface area contributed by atoms with Crippen LogP contribution in [0.15, 0.2) is 0 Å². The molecule has 1 spiro atoms. The van der Waals surface area contributed by atoms with Crippen LogP contribution in [0.4, 0.5) is 5.13 Å². The summed E-state index contributed by atoms with van der Waals surface area (Å²) in [7, 11) is 0. The molecule has 0 amide bonds. The Balaban J connectivity index is 1.80. The highest BCUT2D eigenvalue weighted by Crippen LogP contribution is 2.45. The summed E-state index contributed by atoms with van der Waals surface area (Å²) < 4.78 is 0. The van der Waals surface area contributed by atoms with Crippen LogP contribution in [0.1, 0.15) is 37.1 Å². The lowest BCUT2D eigenvalue weighted by Gasteiger charge is -2.42. The molecule has 17 heavy (non-hydrogen) atoms. The molecule has 0 unspecified atom stereocenters. The molecule has 1 aliphatic heterocycles. The summed E-state index contributed by atoms with van der Waals surface area (Å²) in [5.41, 5.74) is 0.137. The van der Waals surface area contributed by atoms with Gasteiger partial charge in [0.2, 0.25) is 5.13 Å². The van der Waals surface area contributed by atoms with Crippen molar-refractivity contribution in [1.29, 1.82) is 0 Å².